The van der Waals surface area contributed by atoms with Crippen LogP contribution in [0.3, 0.4) is 0 Å². The molecular formula is C16H20O5. The SMILES string of the molecule is CO[C@]12CC(C)[C@@]34O[C@@H]3C[C@]3(C)O[C@]43CC1=C(C)C(=O)O2. The summed E-state index contributed by atoms with van der Waals surface area (Å²) in [7, 11) is 1.62. The van der Waals surface area contributed by atoms with Crippen LogP contribution in [0.5, 0.6) is 0 Å². The highest BCUT2D eigenvalue weighted by Crippen LogP contribution is 2.79. The van der Waals surface area contributed by atoms with Crippen LogP contribution in [-0.4, -0.2) is 41.8 Å². The van der Waals surface area contributed by atoms with E-state index in [1.807, 2.05) is 6.92 Å². The Kier molecular flexibility index (Phi) is 1.85. The molecule has 3 aliphatic heterocycles. The molecule has 0 aromatic rings. The van der Waals surface area contributed by atoms with Crippen molar-refractivity contribution in [3.05, 3.63) is 11.1 Å². The molecule has 4 fully saturated rings. The van der Waals surface area contributed by atoms with Gasteiger partial charge in [-0.25, -0.2) is 4.79 Å². The van der Waals surface area contributed by atoms with Crippen molar-refractivity contribution in [2.45, 2.75) is 68.7 Å². The van der Waals surface area contributed by atoms with E-state index < -0.39 is 5.79 Å². The zero-order chi connectivity index (χ0) is 14.8. The molecule has 0 aromatic carbocycles. The minimum Gasteiger partial charge on any atom is -0.426 e. The van der Waals surface area contributed by atoms with Crippen LogP contribution in [0.1, 0.15) is 40.0 Å². The molecule has 0 aromatic heterocycles. The Labute approximate surface area is 123 Å². The summed E-state index contributed by atoms with van der Waals surface area (Å²) in [6, 6.07) is 0. The Morgan fingerprint density at radius 3 is 2.81 bits per heavy atom. The second-order valence-electron chi connectivity index (χ2n) is 7.50. The lowest BCUT2D eigenvalue weighted by molar-refractivity contribution is -0.198. The number of esters is 1. The van der Waals surface area contributed by atoms with Gasteiger partial charge < -0.3 is 18.9 Å². The van der Waals surface area contributed by atoms with E-state index in [2.05, 4.69) is 13.8 Å². The molecule has 5 heteroatoms. The molecular weight excluding hydrogens is 272 g/mol. The number of fused-ring (bicyclic) bond motifs is 1. The molecule has 5 rings (SSSR count). The van der Waals surface area contributed by atoms with Crippen molar-refractivity contribution in [1.82, 2.24) is 0 Å². The minimum absolute atomic E-state index is 0.118. The van der Waals surface area contributed by atoms with Crippen LogP contribution in [0, 0.1) is 5.92 Å². The van der Waals surface area contributed by atoms with E-state index in [0.717, 1.165) is 12.0 Å². The lowest BCUT2D eigenvalue weighted by atomic mass is 9.78. The van der Waals surface area contributed by atoms with E-state index in [1.54, 1.807) is 7.11 Å². The lowest BCUT2D eigenvalue weighted by Gasteiger charge is -2.30. The Morgan fingerprint density at radius 1 is 1.33 bits per heavy atom. The number of hydrogen-bond acceptors (Lipinski definition) is 5. The maximum absolute atomic E-state index is 12.1. The highest BCUT2D eigenvalue weighted by Gasteiger charge is 2.93. The topological polar surface area (TPSA) is 60.6 Å². The number of carbonyl (C=O) groups is 1. The summed E-state index contributed by atoms with van der Waals surface area (Å²) >= 11 is 0. The third-order valence-corrected chi connectivity index (χ3v) is 6.72. The van der Waals surface area contributed by atoms with Crippen molar-refractivity contribution in [3.8, 4) is 0 Å². The van der Waals surface area contributed by atoms with Gasteiger partial charge in [0.05, 0.1) is 6.10 Å². The first-order valence-electron chi connectivity index (χ1n) is 7.71. The Morgan fingerprint density at radius 2 is 2.10 bits per heavy atom. The predicted molar refractivity (Wildman–Crippen MR) is 71.4 cm³/mol. The number of ether oxygens (including phenoxy) is 4. The molecule has 114 valence electrons. The molecule has 6 atom stereocenters. The van der Waals surface area contributed by atoms with Gasteiger partial charge in [0, 0.05) is 37.5 Å². The van der Waals surface area contributed by atoms with Crippen molar-refractivity contribution in [2.24, 2.45) is 5.92 Å². The monoisotopic (exact) mass is 292 g/mol. The predicted octanol–water partition coefficient (Wildman–Crippen LogP) is 1.70. The highest BCUT2D eigenvalue weighted by molar-refractivity contribution is 5.92. The van der Waals surface area contributed by atoms with Crippen molar-refractivity contribution in [1.29, 1.82) is 0 Å². The molecule has 0 amide bonds. The number of hydrogen-bond donors (Lipinski definition) is 0. The molecule has 2 spiro atoms. The van der Waals surface area contributed by atoms with Gasteiger partial charge in [0.2, 0.25) is 5.79 Å². The van der Waals surface area contributed by atoms with Gasteiger partial charge in [0.25, 0.3) is 0 Å². The average molecular weight is 292 g/mol. The lowest BCUT2D eigenvalue weighted by Crippen LogP contribution is -2.41. The van der Waals surface area contributed by atoms with Crippen LogP contribution < -0.4 is 0 Å². The second kappa shape index (κ2) is 3.07. The molecule has 2 saturated carbocycles. The van der Waals surface area contributed by atoms with Crippen LogP contribution in [0.15, 0.2) is 11.1 Å². The van der Waals surface area contributed by atoms with Gasteiger partial charge in [-0.15, -0.1) is 0 Å². The van der Waals surface area contributed by atoms with Crippen molar-refractivity contribution < 1.29 is 23.7 Å². The summed E-state index contributed by atoms with van der Waals surface area (Å²) in [5, 5.41) is 0. The molecule has 2 saturated heterocycles. The molecule has 5 aliphatic rings. The first-order chi connectivity index (χ1) is 9.84. The molecule has 0 bridgehead atoms. The fourth-order valence-electron chi connectivity index (χ4n) is 5.54. The van der Waals surface area contributed by atoms with E-state index in [-0.39, 0.29) is 34.8 Å². The smallest absolute Gasteiger partial charge is 0.336 e. The number of methoxy groups -OCH3 is 1. The molecule has 3 heterocycles. The van der Waals surface area contributed by atoms with Gasteiger partial charge in [0.1, 0.15) is 16.8 Å². The third-order valence-electron chi connectivity index (χ3n) is 6.72. The highest BCUT2D eigenvalue weighted by atomic mass is 16.7. The summed E-state index contributed by atoms with van der Waals surface area (Å²) in [6.07, 6.45) is 2.56. The molecule has 0 radical (unpaired) electrons. The fourth-order valence-corrected chi connectivity index (χ4v) is 5.54. The van der Waals surface area contributed by atoms with Crippen molar-refractivity contribution in [3.63, 3.8) is 0 Å². The Bertz CT molecular complexity index is 626. The van der Waals surface area contributed by atoms with Gasteiger partial charge in [-0.3, -0.25) is 0 Å². The normalized spacial score (nSPS) is 59.7. The van der Waals surface area contributed by atoms with Crippen molar-refractivity contribution >= 4 is 5.97 Å². The zero-order valence-corrected chi connectivity index (χ0v) is 12.8. The summed E-state index contributed by atoms with van der Waals surface area (Å²) in [4.78, 5) is 12.1. The molecule has 1 unspecified atom stereocenters. The van der Waals surface area contributed by atoms with E-state index in [9.17, 15) is 4.79 Å². The Hall–Kier alpha value is -0.910. The first kappa shape index (κ1) is 12.6. The van der Waals surface area contributed by atoms with Gasteiger partial charge in [-0.05, 0) is 19.8 Å². The largest absolute Gasteiger partial charge is 0.426 e. The van der Waals surface area contributed by atoms with Crippen molar-refractivity contribution in [2.75, 3.05) is 7.11 Å². The van der Waals surface area contributed by atoms with E-state index in [4.69, 9.17) is 18.9 Å². The summed E-state index contributed by atoms with van der Waals surface area (Å²) in [6.45, 7) is 6.17. The molecule has 21 heavy (non-hydrogen) atoms. The quantitative estimate of drug-likeness (QED) is 0.544. The van der Waals surface area contributed by atoms with Crippen LogP contribution in [0.2, 0.25) is 0 Å². The van der Waals surface area contributed by atoms with E-state index >= 15 is 0 Å². The molecule has 0 N–H and O–H groups in total. The van der Waals surface area contributed by atoms with Crippen LogP contribution >= 0.6 is 0 Å². The number of carbonyl (C=O) groups excluding carboxylic acids is 1. The molecule has 2 aliphatic carbocycles. The number of epoxide rings is 2. The summed E-state index contributed by atoms with van der Waals surface area (Å²) in [5.74, 6) is -0.958. The molecule has 5 nitrogen and oxygen atoms in total. The second-order valence-corrected chi connectivity index (χ2v) is 7.50. The maximum atomic E-state index is 12.1. The minimum atomic E-state index is -0.919. The summed E-state index contributed by atoms with van der Waals surface area (Å²) in [5.41, 5.74) is 1.01. The van der Waals surface area contributed by atoms with Crippen LogP contribution in [0.4, 0.5) is 0 Å². The number of rotatable bonds is 1. The van der Waals surface area contributed by atoms with Crippen LogP contribution in [0.25, 0.3) is 0 Å². The zero-order valence-electron chi connectivity index (χ0n) is 12.8. The van der Waals surface area contributed by atoms with Gasteiger partial charge >= 0.3 is 5.97 Å². The van der Waals surface area contributed by atoms with Gasteiger partial charge in [-0.1, -0.05) is 6.92 Å². The van der Waals surface area contributed by atoms with E-state index in [0.29, 0.717) is 18.4 Å². The first-order valence-corrected chi connectivity index (χ1v) is 7.71. The fraction of sp³-hybridized carbons (Fsp3) is 0.812. The summed E-state index contributed by atoms with van der Waals surface area (Å²) < 4.78 is 23.7. The van der Waals surface area contributed by atoms with Gasteiger partial charge in [-0.2, -0.15) is 0 Å². The van der Waals surface area contributed by atoms with Crippen LogP contribution in [-0.2, 0) is 23.7 Å². The van der Waals surface area contributed by atoms with E-state index in [1.165, 1.54) is 0 Å². The van der Waals surface area contributed by atoms with Gasteiger partial charge in [0.15, 0.2) is 0 Å². The Balaban J connectivity index is 1.70. The maximum Gasteiger partial charge on any atom is 0.336 e. The standard InChI is InChI=1S/C16H20O5/c1-8-5-14(18-4)10(9(2)12(17)20-14)6-15-13(3,21-15)7-11-16(8,15)19-11/h8,11H,5-7H2,1-4H3/t8?,11-,13+,14+,15+,16-/m1/s1. The third kappa shape index (κ3) is 1.04. The average Bonchev–Trinajstić information content (AvgIpc) is 3.26.